The van der Waals surface area contributed by atoms with Crippen molar-refractivity contribution in [3.8, 4) is 0 Å². The Morgan fingerprint density at radius 3 is 2.93 bits per heavy atom. The maximum absolute atomic E-state index is 12.8. The van der Waals surface area contributed by atoms with E-state index in [4.69, 9.17) is 4.74 Å². The Hall–Kier alpha value is -2.47. The number of amides is 1. The van der Waals surface area contributed by atoms with Crippen LogP contribution in [0.1, 0.15) is 40.0 Å². The summed E-state index contributed by atoms with van der Waals surface area (Å²) in [4.78, 5) is 24.1. The number of aryl methyl sites for hydroxylation is 2. The maximum Gasteiger partial charge on any atom is 0.251 e. The molecule has 5 rings (SSSR count). The molecule has 0 aliphatic carbocycles. The average molecular weight is 393 g/mol. The minimum atomic E-state index is -0.0940. The molecule has 3 fully saturated rings. The highest BCUT2D eigenvalue weighted by Gasteiger charge is 2.63. The molecule has 1 amide bonds. The fraction of sp³-hybridized carbons (Fsp3) is 0.522. The molecule has 0 unspecified atom stereocenters. The van der Waals surface area contributed by atoms with Gasteiger partial charge in [-0.3, -0.25) is 9.78 Å². The van der Waals surface area contributed by atoms with Crippen molar-refractivity contribution in [3.05, 3.63) is 53.0 Å². The van der Waals surface area contributed by atoms with Crippen LogP contribution in [0, 0.1) is 32.6 Å². The molecular formula is C23H28N4O2. The molecule has 1 N–H and O–H groups in total. The second-order valence-electron chi connectivity index (χ2n) is 8.83. The lowest BCUT2D eigenvalue weighted by Gasteiger charge is -2.29. The topological polar surface area (TPSA) is 67.4 Å². The predicted octanol–water partition coefficient (Wildman–Crippen LogP) is 2.82. The van der Waals surface area contributed by atoms with Crippen LogP contribution >= 0.6 is 0 Å². The number of carbonyl (C=O) groups is 1. The van der Waals surface area contributed by atoms with Crippen molar-refractivity contribution in [2.24, 2.45) is 11.8 Å². The first-order valence-corrected chi connectivity index (χ1v) is 10.5. The highest BCUT2D eigenvalue weighted by Crippen LogP contribution is 2.55. The predicted molar refractivity (Wildman–Crippen MR) is 111 cm³/mol. The van der Waals surface area contributed by atoms with E-state index < -0.39 is 0 Å². The number of fused-ring (bicyclic) bond motifs is 1. The van der Waals surface area contributed by atoms with E-state index in [0.717, 1.165) is 54.1 Å². The molecule has 0 saturated carbocycles. The molecular weight excluding hydrogens is 364 g/mol. The fourth-order valence-corrected chi connectivity index (χ4v) is 5.64. The Bertz CT molecular complexity index is 962. The molecule has 3 aliphatic heterocycles. The zero-order valence-electron chi connectivity index (χ0n) is 17.3. The summed E-state index contributed by atoms with van der Waals surface area (Å²) >= 11 is 0. The van der Waals surface area contributed by atoms with E-state index in [9.17, 15) is 4.79 Å². The fourth-order valence-electron chi connectivity index (χ4n) is 5.64. The number of nitrogens with one attached hydrogen (secondary N) is 1. The standard InChI is InChI=1S/C23H28N4O2/c1-14-5-4-6-17(15(14)2)22(28)26-11-18-19-12-27(21-16(3)24-9-10-25-21)13-23(19)8-7-20(18)29-23/h4-6,9-10,18-20H,7-8,11-13H2,1-3H3,(H,26,28)/t18-,19+,20+,23+/m0/s1. The number of anilines is 1. The normalized spacial score (nSPS) is 29.9. The molecule has 2 bridgehead atoms. The van der Waals surface area contributed by atoms with Gasteiger partial charge >= 0.3 is 0 Å². The highest BCUT2D eigenvalue weighted by atomic mass is 16.5. The van der Waals surface area contributed by atoms with Crippen LogP contribution in [-0.2, 0) is 4.74 Å². The van der Waals surface area contributed by atoms with Crippen LogP contribution < -0.4 is 10.2 Å². The van der Waals surface area contributed by atoms with E-state index in [-0.39, 0.29) is 17.6 Å². The Kier molecular flexibility index (Phi) is 4.35. The number of carbonyl (C=O) groups excluding carboxylic acids is 1. The summed E-state index contributed by atoms with van der Waals surface area (Å²) in [6.07, 6.45) is 5.92. The molecule has 6 nitrogen and oxygen atoms in total. The monoisotopic (exact) mass is 392 g/mol. The lowest BCUT2D eigenvalue weighted by molar-refractivity contribution is 0.0141. The minimum absolute atomic E-state index is 0.0163. The van der Waals surface area contributed by atoms with Gasteiger partial charge in [0.2, 0.25) is 0 Å². The Labute approximate surface area is 171 Å². The minimum Gasteiger partial charge on any atom is -0.369 e. The van der Waals surface area contributed by atoms with E-state index in [2.05, 4.69) is 20.2 Å². The Balaban J connectivity index is 1.31. The number of rotatable bonds is 4. The Morgan fingerprint density at radius 2 is 2.10 bits per heavy atom. The van der Waals surface area contributed by atoms with Gasteiger partial charge in [0.1, 0.15) is 5.82 Å². The number of hydrogen-bond acceptors (Lipinski definition) is 5. The van der Waals surface area contributed by atoms with Crippen molar-refractivity contribution >= 4 is 11.7 Å². The van der Waals surface area contributed by atoms with Crippen molar-refractivity contribution in [2.75, 3.05) is 24.5 Å². The molecule has 3 saturated heterocycles. The second kappa shape index (κ2) is 6.80. The molecule has 152 valence electrons. The molecule has 4 heterocycles. The summed E-state index contributed by atoms with van der Waals surface area (Å²) in [6.45, 7) is 8.51. The van der Waals surface area contributed by atoms with Gasteiger partial charge in [0.25, 0.3) is 5.91 Å². The summed E-state index contributed by atoms with van der Waals surface area (Å²) in [5, 5.41) is 3.20. The summed E-state index contributed by atoms with van der Waals surface area (Å²) in [6, 6.07) is 5.90. The van der Waals surface area contributed by atoms with Crippen LogP contribution in [0.15, 0.2) is 30.6 Å². The lowest BCUT2D eigenvalue weighted by Crippen LogP contribution is -2.42. The largest absolute Gasteiger partial charge is 0.369 e. The molecule has 3 aliphatic rings. The number of benzene rings is 1. The summed E-state index contributed by atoms with van der Waals surface area (Å²) < 4.78 is 6.53. The van der Waals surface area contributed by atoms with Gasteiger partial charge in [0, 0.05) is 49.4 Å². The van der Waals surface area contributed by atoms with Gasteiger partial charge in [-0.15, -0.1) is 0 Å². The van der Waals surface area contributed by atoms with Crippen LogP contribution in [0.2, 0.25) is 0 Å². The van der Waals surface area contributed by atoms with E-state index in [1.54, 1.807) is 12.4 Å². The first kappa shape index (κ1) is 18.6. The number of ether oxygens (including phenoxy) is 1. The van der Waals surface area contributed by atoms with Crippen molar-refractivity contribution in [1.29, 1.82) is 0 Å². The second-order valence-corrected chi connectivity index (χ2v) is 8.83. The third-order valence-corrected chi connectivity index (χ3v) is 7.29. The molecule has 2 aromatic rings. The molecule has 6 heteroatoms. The average Bonchev–Trinajstić information content (AvgIpc) is 3.37. The van der Waals surface area contributed by atoms with Gasteiger partial charge in [-0.2, -0.15) is 0 Å². The van der Waals surface area contributed by atoms with Crippen LogP contribution in [-0.4, -0.2) is 47.2 Å². The van der Waals surface area contributed by atoms with Crippen LogP contribution in [0.4, 0.5) is 5.82 Å². The van der Waals surface area contributed by atoms with Crippen LogP contribution in [0.5, 0.6) is 0 Å². The maximum atomic E-state index is 12.8. The smallest absolute Gasteiger partial charge is 0.251 e. The Morgan fingerprint density at radius 1 is 1.28 bits per heavy atom. The van der Waals surface area contributed by atoms with E-state index in [1.165, 1.54) is 0 Å². The summed E-state index contributed by atoms with van der Waals surface area (Å²) in [5.41, 5.74) is 3.83. The molecule has 29 heavy (non-hydrogen) atoms. The van der Waals surface area contributed by atoms with Crippen molar-refractivity contribution in [3.63, 3.8) is 0 Å². The SMILES string of the molecule is Cc1cccc(C(=O)NC[C@H]2[C@H]3CN(c4nccnc4C)C[C@]34CC[C@H]2O4)c1C. The number of nitrogens with zero attached hydrogens (tertiary/aromatic N) is 3. The zero-order valence-corrected chi connectivity index (χ0v) is 17.3. The molecule has 1 spiro atoms. The zero-order chi connectivity index (χ0) is 20.2. The molecule has 4 atom stereocenters. The first-order valence-electron chi connectivity index (χ1n) is 10.5. The van der Waals surface area contributed by atoms with E-state index >= 15 is 0 Å². The van der Waals surface area contributed by atoms with Gasteiger partial charge in [0.15, 0.2) is 0 Å². The van der Waals surface area contributed by atoms with Crippen LogP contribution in [0.3, 0.4) is 0 Å². The lowest BCUT2D eigenvalue weighted by atomic mass is 9.73. The van der Waals surface area contributed by atoms with Crippen LogP contribution in [0.25, 0.3) is 0 Å². The van der Waals surface area contributed by atoms with Crippen molar-refractivity contribution < 1.29 is 9.53 Å². The van der Waals surface area contributed by atoms with E-state index in [1.807, 2.05) is 39.0 Å². The van der Waals surface area contributed by atoms with Gasteiger partial charge in [-0.25, -0.2) is 4.98 Å². The molecule has 1 aromatic carbocycles. The van der Waals surface area contributed by atoms with Gasteiger partial charge in [0.05, 0.1) is 17.4 Å². The van der Waals surface area contributed by atoms with Crippen molar-refractivity contribution in [2.45, 2.75) is 45.3 Å². The van der Waals surface area contributed by atoms with Gasteiger partial charge in [-0.1, -0.05) is 12.1 Å². The van der Waals surface area contributed by atoms with E-state index in [0.29, 0.717) is 18.4 Å². The number of aromatic nitrogens is 2. The third kappa shape index (κ3) is 2.92. The van der Waals surface area contributed by atoms with Gasteiger partial charge in [-0.05, 0) is 50.8 Å². The third-order valence-electron chi connectivity index (χ3n) is 7.29. The summed E-state index contributed by atoms with van der Waals surface area (Å²) in [7, 11) is 0. The quantitative estimate of drug-likeness (QED) is 0.867. The van der Waals surface area contributed by atoms with Gasteiger partial charge < -0.3 is 15.0 Å². The first-order chi connectivity index (χ1) is 14.0. The van der Waals surface area contributed by atoms with Crippen molar-refractivity contribution in [1.82, 2.24) is 15.3 Å². The molecule has 1 aromatic heterocycles. The number of hydrogen-bond donors (Lipinski definition) is 1. The molecule has 0 radical (unpaired) electrons. The summed E-state index contributed by atoms with van der Waals surface area (Å²) in [5.74, 6) is 1.74. The highest BCUT2D eigenvalue weighted by molar-refractivity contribution is 5.95.